The Kier molecular flexibility index (Phi) is 36.5. The van der Waals surface area contributed by atoms with Gasteiger partial charge in [0, 0.05) is 39.2 Å². The normalized spacial score (nSPS) is 15.1. The van der Waals surface area contributed by atoms with Crippen LogP contribution >= 0.6 is 0 Å². The van der Waals surface area contributed by atoms with Crippen LogP contribution in [0.3, 0.4) is 0 Å². The molecule has 1 saturated heterocycles. The van der Waals surface area contributed by atoms with Crippen LogP contribution in [0.1, 0.15) is 72.1 Å². The molecule has 0 aromatic carbocycles. The van der Waals surface area contributed by atoms with Crippen molar-refractivity contribution >= 4 is 12.0 Å². The van der Waals surface area contributed by atoms with Gasteiger partial charge >= 0.3 is 0 Å². The van der Waals surface area contributed by atoms with E-state index in [1.54, 1.807) is 0 Å². The lowest BCUT2D eigenvalue weighted by atomic mass is 10.1. The molecule has 34 heavy (non-hydrogen) atoms. The number of allylic oxidation sites excluding steroid dienone is 2. The minimum atomic E-state index is 0.319. The van der Waals surface area contributed by atoms with Crippen molar-refractivity contribution in [3.05, 3.63) is 24.6 Å². The summed E-state index contributed by atoms with van der Waals surface area (Å²) < 4.78 is 11.2. The number of carbonyl (C=O) groups is 1. The number of nitrogens with one attached hydrogen (secondary N) is 2. The Morgan fingerprint density at radius 3 is 2.38 bits per heavy atom. The summed E-state index contributed by atoms with van der Waals surface area (Å²) in [5.74, 6) is 0.731. The van der Waals surface area contributed by atoms with Gasteiger partial charge in [-0.15, -0.1) is 0 Å². The molecule has 1 unspecified atom stereocenters. The van der Waals surface area contributed by atoms with E-state index >= 15 is 0 Å². The van der Waals surface area contributed by atoms with Gasteiger partial charge in [0.1, 0.15) is 12.1 Å². The van der Waals surface area contributed by atoms with E-state index < -0.39 is 0 Å². The smallest absolute Gasteiger partial charge is 0.119 e. The van der Waals surface area contributed by atoms with Crippen LogP contribution < -0.4 is 10.6 Å². The highest BCUT2D eigenvalue weighted by molar-refractivity contribution is 5.95. The van der Waals surface area contributed by atoms with Crippen molar-refractivity contribution in [3.8, 4) is 0 Å². The van der Waals surface area contributed by atoms with Gasteiger partial charge in [0.2, 0.25) is 0 Å². The first-order valence-corrected chi connectivity index (χ1v) is 12.5. The molecule has 1 fully saturated rings. The number of aldehydes is 1. The van der Waals surface area contributed by atoms with Crippen LogP contribution in [0.4, 0.5) is 0 Å². The maximum atomic E-state index is 8.81. The first-order chi connectivity index (χ1) is 16.6. The largest absolute Gasteiger partial charge is 0.400 e. The fourth-order valence-electron chi connectivity index (χ4n) is 2.80. The van der Waals surface area contributed by atoms with Gasteiger partial charge < -0.3 is 35.1 Å². The Morgan fingerprint density at radius 1 is 1.21 bits per heavy atom. The van der Waals surface area contributed by atoms with Crippen molar-refractivity contribution in [2.45, 2.75) is 78.2 Å². The van der Waals surface area contributed by atoms with Crippen molar-refractivity contribution in [1.82, 2.24) is 10.6 Å². The van der Waals surface area contributed by atoms with Gasteiger partial charge in [0.25, 0.3) is 0 Å². The third-order valence-corrected chi connectivity index (χ3v) is 4.33. The van der Waals surface area contributed by atoms with Gasteiger partial charge in [0.05, 0.1) is 12.6 Å². The molecule has 0 saturated carbocycles. The Balaban J connectivity index is -0.000000922. The Hall–Kier alpha value is -1.58. The third-order valence-electron chi connectivity index (χ3n) is 4.33. The fourth-order valence-corrected chi connectivity index (χ4v) is 2.80. The molecule has 0 spiro atoms. The molecule has 4 N–H and O–H groups in total. The zero-order chi connectivity index (χ0) is 26.3. The molecule has 202 valence electrons. The molecule has 0 amide bonds. The van der Waals surface area contributed by atoms with E-state index in [1.807, 2.05) is 27.0 Å². The first kappa shape index (κ1) is 37.0. The SMILES string of the molecule is C=C(/N=C(\C=C/C)CCCOCCCCCNC)NC1CCCOC1.CC=O.CCCO.CO. The zero-order valence-corrected chi connectivity index (χ0v) is 22.5. The number of aliphatic hydroxyl groups excluding tert-OH is 2. The van der Waals surface area contributed by atoms with E-state index in [0.29, 0.717) is 12.6 Å². The number of rotatable bonds is 15. The lowest BCUT2D eigenvalue weighted by molar-refractivity contribution is -0.106. The number of aliphatic hydroxyl groups is 2. The second-order valence-corrected chi connectivity index (χ2v) is 7.45. The van der Waals surface area contributed by atoms with Crippen LogP contribution in [-0.2, 0) is 14.3 Å². The van der Waals surface area contributed by atoms with Crippen molar-refractivity contribution in [3.63, 3.8) is 0 Å². The summed E-state index contributed by atoms with van der Waals surface area (Å²) in [6.45, 7) is 14.1. The van der Waals surface area contributed by atoms with Crippen molar-refractivity contribution < 1.29 is 24.5 Å². The molecule has 0 bridgehead atoms. The van der Waals surface area contributed by atoms with Gasteiger partial charge in [-0.2, -0.15) is 0 Å². The molecule has 0 aliphatic carbocycles. The van der Waals surface area contributed by atoms with Crippen molar-refractivity contribution in [2.75, 3.05) is 53.7 Å². The average Bonchev–Trinajstić information content (AvgIpc) is 2.85. The van der Waals surface area contributed by atoms with Gasteiger partial charge in [-0.25, -0.2) is 4.99 Å². The van der Waals surface area contributed by atoms with E-state index in [9.17, 15) is 0 Å². The van der Waals surface area contributed by atoms with Gasteiger partial charge in [-0.05, 0) is 84.9 Å². The summed E-state index contributed by atoms with van der Waals surface area (Å²) in [7, 11) is 2.99. The lowest BCUT2D eigenvalue weighted by Gasteiger charge is -2.23. The number of unbranched alkanes of at least 4 members (excludes halogenated alkanes) is 2. The molecule has 1 rings (SSSR count). The van der Waals surface area contributed by atoms with E-state index in [0.717, 1.165) is 96.4 Å². The Labute approximate surface area is 208 Å². The van der Waals surface area contributed by atoms with E-state index in [1.165, 1.54) is 19.8 Å². The molecule has 8 nitrogen and oxygen atoms in total. The summed E-state index contributed by atoms with van der Waals surface area (Å²) >= 11 is 0. The van der Waals surface area contributed by atoms with Gasteiger partial charge in [-0.1, -0.05) is 19.6 Å². The van der Waals surface area contributed by atoms with Crippen LogP contribution in [0.5, 0.6) is 0 Å². The molecular formula is C26H53N3O5. The summed E-state index contributed by atoms with van der Waals surface area (Å²) in [5.41, 5.74) is 1.05. The number of aliphatic imine (C=N–C) groups is 1. The number of nitrogens with zero attached hydrogens (tertiary/aromatic N) is 1. The molecule has 1 heterocycles. The maximum Gasteiger partial charge on any atom is 0.119 e. The second-order valence-electron chi connectivity index (χ2n) is 7.45. The Bertz CT molecular complexity index is 477. The molecule has 0 radical (unpaired) electrons. The van der Waals surface area contributed by atoms with Gasteiger partial charge in [-0.3, -0.25) is 0 Å². The van der Waals surface area contributed by atoms with Gasteiger partial charge in [0.15, 0.2) is 0 Å². The summed E-state index contributed by atoms with van der Waals surface area (Å²) in [6.07, 6.45) is 13.4. The number of carbonyl (C=O) groups excluding carboxylic acids is 1. The number of hydrogen-bond donors (Lipinski definition) is 4. The van der Waals surface area contributed by atoms with Crippen LogP contribution in [-0.4, -0.2) is 82.0 Å². The number of hydrogen-bond acceptors (Lipinski definition) is 8. The molecule has 0 aromatic rings. The molecular weight excluding hydrogens is 434 g/mol. The molecule has 1 aliphatic heterocycles. The predicted octanol–water partition coefficient (Wildman–Crippen LogP) is 3.63. The van der Waals surface area contributed by atoms with Crippen LogP contribution in [0.25, 0.3) is 0 Å². The lowest BCUT2D eigenvalue weighted by Crippen LogP contribution is -2.35. The summed E-state index contributed by atoms with van der Waals surface area (Å²) in [4.78, 5) is 13.4. The number of ether oxygens (including phenoxy) is 2. The summed E-state index contributed by atoms with van der Waals surface area (Å²) in [5, 5.41) is 21.4. The first-order valence-electron chi connectivity index (χ1n) is 12.5. The predicted molar refractivity (Wildman–Crippen MR) is 143 cm³/mol. The topological polar surface area (TPSA) is 112 Å². The minimum absolute atomic E-state index is 0.319. The summed E-state index contributed by atoms with van der Waals surface area (Å²) in [6, 6.07) is 0.336. The quantitative estimate of drug-likeness (QED) is 0.158. The van der Waals surface area contributed by atoms with E-state index in [4.69, 9.17) is 24.5 Å². The second kappa shape index (κ2) is 33.6. The van der Waals surface area contributed by atoms with Crippen LogP contribution in [0.2, 0.25) is 0 Å². The standard InChI is InChI=1S/C20H37N3O2.C3H8O.C2H4O.CH4O/c1-4-10-19(11-8-15-24-14-7-5-6-13-21-3)22-18(2)23-20-12-9-16-25-17-20;1-2-3-4;1-2-3;1-2/h4,10,20-21,23H,2,5-9,11-17H2,1,3H3;4H,2-3H2,1H3;2H,1H3;2H,1H3/b10-4-,22-19+;;;. The zero-order valence-electron chi connectivity index (χ0n) is 22.5. The van der Waals surface area contributed by atoms with Crippen molar-refractivity contribution in [2.24, 2.45) is 4.99 Å². The molecule has 1 aliphatic rings. The fraction of sp³-hybridized carbons (Fsp3) is 0.769. The maximum absolute atomic E-state index is 8.81. The van der Waals surface area contributed by atoms with Crippen molar-refractivity contribution in [1.29, 1.82) is 0 Å². The average molecular weight is 488 g/mol. The van der Waals surface area contributed by atoms with Crippen LogP contribution in [0.15, 0.2) is 29.5 Å². The van der Waals surface area contributed by atoms with E-state index in [-0.39, 0.29) is 0 Å². The highest BCUT2D eigenvalue weighted by Gasteiger charge is 2.13. The highest BCUT2D eigenvalue weighted by atomic mass is 16.5. The Morgan fingerprint density at radius 2 is 1.85 bits per heavy atom. The molecule has 8 heteroatoms. The monoisotopic (exact) mass is 487 g/mol. The van der Waals surface area contributed by atoms with Crippen LogP contribution in [0, 0.1) is 0 Å². The molecule has 1 atom stereocenters. The minimum Gasteiger partial charge on any atom is -0.400 e. The van der Waals surface area contributed by atoms with E-state index in [2.05, 4.69) is 28.3 Å². The molecule has 0 aromatic heterocycles. The third kappa shape index (κ3) is 30.4. The highest BCUT2D eigenvalue weighted by Crippen LogP contribution is 2.08.